The van der Waals surface area contributed by atoms with Crippen molar-refractivity contribution in [2.24, 2.45) is 0 Å². The minimum Gasteiger partial charge on any atom is -0.504 e. The van der Waals surface area contributed by atoms with E-state index in [1.807, 2.05) is 0 Å². The number of amides is 2. The fourth-order valence-electron chi connectivity index (χ4n) is 1.95. The predicted molar refractivity (Wildman–Crippen MR) is 90.9 cm³/mol. The van der Waals surface area contributed by atoms with E-state index in [4.69, 9.17) is 5.11 Å². The van der Waals surface area contributed by atoms with E-state index in [0.29, 0.717) is 12.0 Å². The van der Waals surface area contributed by atoms with Gasteiger partial charge in [-0.3, -0.25) is 9.59 Å². The molecule has 0 saturated carbocycles. The van der Waals surface area contributed by atoms with E-state index in [2.05, 4.69) is 10.6 Å². The van der Waals surface area contributed by atoms with Crippen LogP contribution < -0.4 is 10.6 Å². The summed E-state index contributed by atoms with van der Waals surface area (Å²) >= 11 is 0. The number of aliphatic carboxylic acids is 1. The molecule has 0 fully saturated rings. The van der Waals surface area contributed by atoms with Gasteiger partial charge in [0.25, 0.3) is 0 Å². The second-order valence-electron chi connectivity index (χ2n) is 5.33. The van der Waals surface area contributed by atoms with Crippen LogP contribution >= 0.6 is 0 Å². The number of phenols is 2. The molecule has 0 spiro atoms. The molecule has 0 aromatic heterocycles. The molecule has 1 aromatic rings. The average Bonchev–Trinajstić information content (AvgIpc) is 2.58. The number of hydrogen-bond donors (Lipinski definition) is 5. The summed E-state index contributed by atoms with van der Waals surface area (Å²) in [6, 6.07) is 3.18. The van der Waals surface area contributed by atoms with Gasteiger partial charge in [-0.05, 0) is 36.6 Å². The quantitative estimate of drug-likeness (QED) is 0.256. The maximum Gasteiger partial charge on any atom is 0.326 e. The molecule has 2 amide bonds. The maximum absolute atomic E-state index is 11.7. The predicted octanol–water partition coefficient (Wildman–Crippen LogP) is 0.987. The Morgan fingerprint density at radius 3 is 2.52 bits per heavy atom. The molecule has 0 bridgehead atoms. The average molecular weight is 350 g/mol. The maximum atomic E-state index is 11.7. The number of nitrogens with one attached hydrogen (secondary N) is 2. The van der Waals surface area contributed by atoms with Crippen molar-refractivity contribution in [2.75, 3.05) is 6.54 Å². The molecule has 0 unspecified atom stereocenters. The molecule has 0 heterocycles. The lowest BCUT2D eigenvalue weighted by Gasteiger charge is -2.13. The first kappa shape index (κ1) is 20.0. The second-order valence-corrected chi connectivity index (χ2v) is 5.33. The van der Waals surface area contributed by atoms with Crippen molar-refractivity contribution in [2.45, 2.75) is 32.2 Å². The first-order valence-electron chi connectivity index (χ1n) is 7.83. The van der Waals surface area contributed by atoms with Crippen LogP contribution in [0.1, 0.15) is 31.7 Å². The number of carbonyl (C=O) groups excluding carboxylic acids is 2. The summed E-state index contributed by atoms with van der Waals surface area (Å²) in [5, 5.41) is 32.6. The van der Waals surface area contributed by atoms with E-state index in [-0.39, 0.29) is 42.7 Å². The molecule has 136 valence electrons. The van der Waals surface area contributed by atoms with Crippen LogP contribution in [-0.2, 0) is 14.4 Å². The largest absolute Gasteiger partial charge is 0.504 e. The zero-order valence-electron chi connectivity index (χ0n) is 13.9. The van der Waals surface area contributed by atoms with Crippen molar-refractivity contribution in [3.05, 3.63) is 29.8 Å². The van der Waals surface area contributed by atoms with Crippen LogP contribution in [0, 0.1) is 0 Å². The molecule has 1 aromatic carbocycles. The van der Waals surface area contributed by atoms with Gasteiger partial charge in [-0.25, -0.2) is 4.79 Å². The van der Waals surface area contributed by atoms with Crippen LogP contribution in [0.25, 0.3) is 6.08 Å². The summed E-state index contributed by atoms with van der Waals surface area (Å²) < 4.78 is 0. The molecule has 1 atom stereocenters. The van der Waals surface area contributed by atoms with Gasteiger partial charge in [-0.2, -0.15) is 0 Å². The normalized spacial score (nSPS) is 11.9. The summed E-state index contributed by atoms with van der Waals surface area (Å²) in [5.41, 5.74) is 0.540. The molecule has 0 aliphatic heterocycles. The minimum absolute atomic E-state index is 0.205. The van der Waals surface area contributed by atoms with E-state index in [1.165, 1.54) is 30.4 Å². The van der Waals surface area contributed by atoms with Crippen LogP contribution in [0.4, 0.5) is 0 Å². The fraction of sp³-hybridized carbons (Fsp3) is 0.353. The Bertz CT molecular complexity index is 657. The SMILES string of the molecule is CCC(=O)N[C@@H](CCCNC(=O)/C=C/c1ccc(O)c(O)c1)C(=O)O. The molecule has 0 aliphatic carbocycles. The third-order valence-electron chi connectivity index (χ3n) is 3.35. The van der Waals surface area contributed by atoms with Crippen molar-refractivity contribution in [1.29, 1.82) is 0 Å². The van der Waals surface area contributed by atoms with Crippen molar-refractivity contribution < 1.29 is 29.7 Å². The zero-order valence-corrected chi connectivity index (χ0v) is 13.9. The van der Waals surface area contributed by atoms with Crippen molar-refractivity contribution >= 4 is 23.9 Å². The van der Waals surface area contributed by atoms with E-state index in [0.717, 1.165) is 0 Å². The molecular weight excluding hydrogens is 328 g/mol. The van der Waals surface area contributed by atoms with Gasteiger partial charge >= 0.3 is 5.97 Å². The third-order valence-corrected chi connectivity index (χ3v) is 3.35. The Labute approximate surface area is 145 Å². The smallest absolute Gasteiger partial charge is 0.326 e. The van der Waals surface area contributed by atoms with Gasteiger partial charge in [0.2, 0.25) is 11.8 Å². The fourth-order valence-corrected chi connectivity index (χ4v) is 1.95. The highest BCUT2D eigenvalue weighted by atomic mass is 16.4. The van der Waals surface area contributed by atoms with Crippen LogP contribution in [0.2, 0.25) is 0 Å². The van der Waals surface area contributed by atoms with Gasteiger partial charge in [0.05, 0.1) is 0 Å². The molecule has 0 radical (unpaired) electrons. The second kappa shape index (κ2) is 9.96. The first-order chi connectivity index (χ1) is 11.8. The lowest BCUT2D eigenvalue weighted by atomic mass is 10.1. The molecule has 0 aliphatic rings. The van der Waals surface area contributed by atoms with Gasteiger partial charge < -0.3 is 26.0 Å². The van der Waals surface area contributed by atoms with Crippen LogP contribution in [0.15, 0.2) is 24.3 Å². The van der Waals surface area contributed by atoms with Crippen LogP contribution in [0.5, 0.6) is 11.5 Å². The Morgan fingerprint density at radius 2 is 1.92 bits per heavy atom. The highest BCUT2D eigenvalue weighted by Crippen LogP contribution is 2.25. The Balaban J connectivity index is 2.38. The minimum atomic E-state index is -1.11. The molecule has 5 N–H and O–H groups in total. The van der Waals surface area contributed by atoms with Crippen molar-refractivity contribution in [3.63, 3.8) is 0 Å². The molecular formula is C17H22N2O6. The van der Waals surface area contributed by atoms with Gasteiger partial charge in [-0.15, -0.1) is 0 Å². The van der Waals surface area contributed by atoms with E-state index >= 15 is 0 Å². The highest BCUT2D eigenvalue weighted by Gasteiger charge is 2.18. The molecule has 1 rings (SSSR count). The Hall–Kier alpha value is -3.03. The summed E-state index contributed by atoms with van der Waals surface area (Å²) in [6.07, 6.45) is 3.53. The van der Waals surface area contributed by atoms with E-state index < -0.39 is 12.0 Å². The summed E-state index contributed by atoms with van der Waals surface area (Å²) in [7, 11) is 0. The number of benzene rings is 1. The van der Waals surface area contributed by atoms with Gasteiger partial charge in [-0.1, -0.05) is 13.0 Å². The van der Waals surface area contributed by atoms with Crippen LogP contribution in [-0.4, -0.2) is 45.7 Å². The molecule has 0 saturated heterocycles. The first-order valence-corrected chi connectivity index (χ1v) is 7.83. The number of carbonyl (C=O) groups is 3. The van der Waals surface area contributed by atoms with Gasteiger partial charge in [0.15, 0.2) is 11.5 Å². The number of carboxylic acid groups (broad SMARTS) is 1. The standard InChI is InChI=1S/C17H22N2O6/c1-2-15(22)19-12(17(24)25)4-3-9-18-16(23)8-6-11-5-7-13(20)14(21)10-11/h5-8,10,12,20-21H,2-4,9H2,1H3,(H,18,23)(H,19,22)(H,24,25)/b8-6+/t12-/m0/s1. The summed E-state index contributed by atoms with van der Waals surface area (Å²) in [6.45, 7) is 1.89. The van der Waals surface area contributed by atoms with Gasteiger partial charge in [0.1, 0.15) is 6.04 Å². The summed E-state index contributed by atoms with van der Waals surface area (Å²) in [5.74, 6) is -2.35. The number of rotatable bonds is 9. The number of carboxylic acids is 1. The molecule has 8 nitrogen and oxygen atoms in total. The van der Waals surface area contributed by atoms with Crippen LogP contribution in [0.3, 0.4) is 0 Å². The Kier molecular flexibility index (Phi) is 7.98. The topological polar surface area (TPSA) is 136 Å². The Morgan fingerprint density at radius 1 is 1.20 bits per heavy atom. The lowest BCUT2D eigenvalue weighted by molar-refractivity contribution is -0.142. The van der Waals surface area contributed by atoms with E-state index in [9.17, 15) is 24.6 Å². The number of hydrogen-bond acceptors (Lipinski definition) is 5. The third kappa shape index (κ3) is 7.38. The number of aromatic hydroxyl groups is 2. The number of phenolic OH excluding ortho intramolecular Hbond substituents is 2. The molecule has 8 heteroatoms. The molecule has 25 heavy (non-hydrogen) atoms. The van der Waals surface area contributed by atoms with Crippen molar-refractivity contribution in [1.82, 2.24) is 10.6 Å². The van der Waals surface area contributed by atoms with E-state index in [1.54, 1.807) is 6.92 Å². The highest BCUT2D eigenvalue weighted by molar-refractivity contribution is 5.91. The lowest BCUT2D eigenvalue weighted by Crippen LogP contribution is -2.41. The zero-order chi connectivity index (χ0) is 18.8. The summed E-state index contributed by atoms with van der Waals surface area (Å²) in [4.78, 5) is 34.0. The van der Waals surface area contributed by atoms with Gasteiger partial charge in [0, 0.05) is 19.0 Å². The monoisotopic (exact) mass is 350 g/mol. The van der Waals surface area contributed by atoms with Crippen molar-refractivity contribution in [3.8, 4) is 11.5 Å².